The van der Waals surface area contributed by atoms with E-state index in [1.807, 2.05) is 86.6 Å². The largest absolute Gasteiger partial charge is 0.334 e. The first-order valence-electron chi connectivity index (χ1n) is 9.58. The molecule has 30 heavy (non-hydrogen) atoms. The fraction of sp³-hybridized carbons (Fsp3) is 0.0833. The highest BCUT2D eigenvalue weighted by Crippen LogP contribution is 2.27. The second-order valence-electron chi connectivity index (χ2n) is 7.16. The Bertz CT molecular complexity index is 1200. The number of hydrogen-bond acceptors (Lipinski definition) is 6. The van der Waals surface area contributed by atoms with Gasteiger partial charge in [-0.1, -0.05) is 63.9 Å². The first kappa shape index (κ1) is 18.0. The molecule has 0 radical (unpaired) electrons. The zero-order valence-electron chi connectivity index (χ0n) is 16.5. The average molecular weight is 394 g/mol. The van der Waals surface area contributed by atoms with Crippen molar-refractivity contribution < 1.29 is 9.05 Å². The van der Waals surface area contributed by atoms with Crippen LogP contribution in [0.4, 0.5) is 0 Å². The maximum atomic E-state index is 5.45. The highest BCUT2D eigenvalue weighted by atomic mass is 16.5. The normalized spacial score (nSPS) is 11.0. The highest BCUT2D eigenvalue weighted by molar-refractivity contribution is 5.68. The molecule has 2 heterocycles. The van der Waals surface area contributed by atoms with Gasteiger partial charge in [0, 0.05) is 22.3 Å². The van der Waals surface area contributed by atoms with Gasteiger partial charge < -0.3 is 9.05 Å². The van der Waals surface area contributed by atoms with Gasteiger partial charge >= 0.3 is 0 Å². The predicted molar refractivity (Wildman–Crippen MR) is 113 cm³/mol. The molecule has 146 valence electrons. The molecule has 0 saturated heterocycles. The number of aromatic nitrogens is 4. The molecule has 0 fully saturated rings. The first-order valence-corrected chi connectivity index (χ1v) is 9.58. The third kappa shape index (κ3) is 3.51. The van der Waals surface area contributed by atoms with Gasteiger partial charge in [0.1, 0.15) is 0 Å². The molecule has 0 aliphatic rings. The van der Waals surface area contributed by atoms with Crippen LogP contribution in [0.3, 0.4) is 0 Å². The van der Waals surface area contributed by atoms with Crippen LogP contribution in [0.1, 0.15) is 11.1 Å². The zero-order valence-corrected chi connectivity index (χ0v) is 16.5. The van der Waals surface area contributed by atoms with E-state index in [0.29, 0.717) is 23.4 Å². The van der Waals surface area contributed by atoms with E-state index >= 15 is 0 Å². The van der Waals surface area contributed by atoms with Crippen LogP contribution >= 0.6 is 0 Å². The Labute approximate surface area is 173 Å². The summed E-state index contributed by atoms with van der Waals surface area (Å²) in [5.41, 5.74) is 5.76. The molecule has 5 aromatic rings. The third-order valence-electron chi connectivity index (χ3n) is 4.83. The van der Waals surface area contributed by atoms with Crippen LogP contribution in [0.15, 0.2) is 81.8 Å². The molecular weight excluding hydrogens is 376 g/mol. The number of aryl methyl sites for hydroxylation is 2. The lowest BCUT2D eigenvalue weighted by atomic mass is 10.1. The second-order valence-corrected chi connectivity index (χ2v) is 7.16. The van der Waals surface area contributed by atoms with Gasteiger partial charge in [-0.25, -0.2) is 0 Å². The predicted octanol–water partition coefficient (Wildman–Crippen LogP) is 5.74. The van der Waals surface area contributed by atoms with Crippen LogP contribution in [0, 0.1) is 13.8 Å². The van der Waals surface area contributed by atoms with Crippen molar-refractivity contribution in [2.75, 3.05) is 0 Å². The van der Waals surface area contributed by atoms with E-state index in [1.54, 1.807) is 0 Å². The fourth-order valence-corrected chi connectivity index (χ4v) is 3.11. The van der Waals surface area contributed by atoms with Crippen LogP contribution in [0.25, 0.3) is 45.7 Å². The van der Waals surface area contributed by atoms with Crippen LogP contribution in [-0.4, -0.2) is 20.3 Å². The van der Waals surface area contributed by atoms with Gasteiger partial charge in [-0.2, -0.15) is 9.97 Å². The molecule has 0 aliphatic heterocycles. The van der Waals surface area contributed by atoms with Crippen LogP contribution in [-0.2, 0) is 0 Å². The van der Waals surface area contributed by atoms with Gasteiger partial charge in [0.2, 0.25) is 11.6 Å². The zero-order chi connectivity index (χ0) is 20.5. The van der Waals surface area contributed by atoms with Gasteiger partial charge in [0.25, 0.3) is 11.8 Å². The van der Waals surface area contributed by atoms with Crippen molar-refractivity contribution in [1.82, 2.24) is 20.3 Å². The summed E-state index contributed by atoms with van der Waals surface area (Å²) in [4.78, 5) is 9.07. The van der Waals surface area contributed by atoms with Gasteiger partial charge in [0.15, 0.2) is 0 Å². The average Bonchev–Trinajstić information content (AvgIpc) is 3.45. The standard InChI is InChI=1S/C24H18N4O2/c1-15-6-10-17(11-7-15)23-25-21(27-29-23)19-4-3-5-20(14-19)22-26-24(30-28-22)18-12-8-16(2)9-13-18/h3-14H,1-2H3. The van der Waals surface area contributed by atoms with E-state index in [1.165, 1.54) is 11.1 Å². The van der Waals surface area contributed by atoms with Crippen molar-refractivity contribution in [3.05, 3.63) is 83.9 Å². The SMILES string of the molecule is Cc1ccc(-c2nc(-c3cccc(-c4noc(-c5ccc(C)cc5)n4)c3)no2)cc1. The summed E-state index contributed by atoms with van der Waals surface area (Å²) >= 11 is 0. The van der Waals surface area contributed by atoms with Crippen molar-refractivity contribution in [3.8, 4) is 45.7 Å². The smallest absolute Gasteiger partial charge is 0.258 e. The Morgan fingerprint density at radius 3 is 1.40 bits per heavy atom. The van der Waals surface area contributed by atoms with Crippen LogP contribution in [0.5, 0.6) is 0 Å². The Kier molecular flexibility index (Phi) is 4.44. The van der Waals surface area contributed by atoms with Gasteiger partial charge in [-0.05, 0) is 44.2 Å². The van der Waals surface area contributed by atoms with E-state index in [9.17, 15) is 0 Å². The molecule has 0 bridgehead atoms. The Hall–Kier alpha value is -4.06. The maximum absolute atomic E-state index is 5.45. The lowest BCUT2D eigenvalue weighted by molar-refractivity contribution is 0.432. The number of rotatable bonds is 4. The van der Waals surface area contributed by atoms with Gasteiger partial charge in [-0.15, -0.1) is 0 Å². The molecule has 6 nitrogen and oxygen atoms in total. The summed E-state index contributed by atoms with van der Waals surface area (Å²) in [6.45, 7) is 4.08. The van der Waals surface area contributed by atoms with E-state index < -0.39 is 0 Å². The molecule has 0 unspecified atom stereocenters. The fourth-order valence-electron chi connectivity index (χ4n) is 3.11. The Morgan fingerprint density at radius 2 is 0.967 bits per heavy atom. The van der Waals surface area contributed by atoms with Crippen molar-refractivity contribution in [2.24, 2.45) is 0 Å². The molecule has 0 spiro atoms. The quantitative estimate of drug-likeness (QED) is 0.387. The van der Waals surface area contributed by atoms with E-state index in [2.05, 4.69) is 20.3 Å². The molecule has 2 aromatic heterocycles. The van der Waals surface area contributed by atoms with E-state index in [-0.39, 0.29) is 0 Å². The minimum Gasteiger partial charge on any atom is -0.334 e. The number of hydrogen-bond donors (Lipinski definition) is 0. The summed E-state index contributed by atoms with van der Waals surface area (Å²) in [6.07, 6.45) is 0. The van der Waals surface area contributed by atoms with Crippen molar-refractivity contribution >= 4 is 0 Å². The van der Waals surface area contributed by atoms with Crippen LogP contribution < -0.4 is 0 Å². The number of benzene rings is 3. The van der Waals surface area contributed by atoms with Crippen molar-refractivity contribution in [1.29, 1.82) is 0 Å². The first-order chi connectivity index (χ1) is 14.7. The second kappa shape index (κ2) is 7.40. The monoisotopic (exact) mass is 394 g/mol. The minimum absolute atomic E-state index is 0.483. The van der Waals surface area contributed by atoms with Gasteiger partial charge in [0.05, 0.1) is 0 Å². The molecule has 0 saturated carbocycles. The molecule has 5 rings (SSSR count). The molecule has 0 N–H and O–H groups in total. The topological polar surface area (TPSA) is 77.8 Å². The summed E-state index contributed by atoms with van der Waals surface area (Å²) in [5, 5.41) is 8.26. The van der Waals surface area contributed by atoms with Crippen molar-refractivity contribution in [3.63, 3.8) is 0 Å². The van der Waals surface area contributed by atoms with Crippen molar-refractivity contribution in [2.45, 2.75) is 13.8 Å². The number of nitrogens with zero attached hydrogens (tertiary/aromatic N) is 4. The summed E-state index contributed by atoms with van der Waals surface area (Å²) in [5.74, 6) is 1.98. The highest BCUT2D eigenvalue weighted by Gasteiger charge is 2.14. The van der Waals surface area contributed by atoms with E-state index in [4.69, 9.17) is 9.05 Å². The molecule has 0 amide bonds. The molecule has 0 aliphatic carbocycles. The van der Waals surface area contributed by atoms with Crippen LogP contribution in [0.2, 0.25) is 0 Å². The summed E-state index contributed by atoms with van der Waals surface area (Å²) in [7, 11) is 0. The Morgan fingerprint density at radius 1 is 0.533 bits per heavy atom. The molecule has 0 atom stereocenters. The maximum Gasteiger partial charge on any atom is 0.258 e. The molecule has 6 heteroatoms. The van der Waals surface area contributed by atoms with Gasteiger partial charge in [-0.3, -0.25) is 0 Å². The Balaban J connectivity index is 1.44. The summed E-state index contributed by atoms with van der Waals surface area (Å²) in [6, 6.07) is 23.6. The lowest BCUT2D eigenvalue weighted by Gasteiger charge is -1.98. The lowest BCUT2D eigenvalue weighted by Crippen LogP contribution is -1.85. The van der Waals surface area contributed by atoms with E-state index in [0.717, 1.165) is 22.3 Å². The third-order valence-corrected chi connectivity index (χ3v) is 4.83. The molecular formula is C24H18N4O2. The summed E-state index contributed by atoms with van der Waals surface area (Å²) < 4.78 is 10.9. The minimum atomic E-state index is 0.483. The molecule has 3 aromatic carbocycles.